The van der Waals surface area contributed by atoms with Crippen LogP contribution in [0.4, 0.5) is 11.4 Å². The first-order valence-electron chi connectivity index (χ1n) is 8.89. The molecule has 1 N–H and O–H groups in total. The van der Waals surface area contributed by atoms with Crippen molar-refractivity contribution in [2.45, 2.75) is 39.0 Å². The molecule has 0 aromatic heterocycles. The monoisotopic (exact) mass is 356 g/mol. The summed E-state index contributed by atoms with van der Waals surface area (Å²) in [6.45, 7) is 2.81. The average Bonchev–Trinajstić information content (AvgIpc) is 2.65. The first-order chi connectivity index (χ1) is 12.6. The van der Waals surface area contributed by atoms with Gasteiger partial charge < -0.3 is 10.1 Å². The van der Waals surface area contributed by atoms with Crippen molar-refractivity contribution in [3.05, 3.63) is 64.2 Å². The van der Waals surface area contributed by atoms with Crippen molar-refractivity contribution >= 4 is 17.3 Å². The quantitative estimate of drug-likeness (QED) is 0.360. The predicted octanol–water partition coefficient (Wildman–Crippen LogP) is 5.20. The highest BCUT2D eigenvalue weighted by molar-refractivity contribution is 6.07. The van der Waals surface area contributed by atoms with Gasteiger partial charge in [0, 0.05) is 17.8 Å². The molecule has 0 atom stereocenters. The van der Waals surface area contributed by atoms with Gasteiger partial charge in [-0.1, -0.05) is 50.8 Å². The summed E-state index contributed by atoms with van der Waals surface area (Å²) >= 11 is 0. The van der Waals surface area contributed by atoms with Crippen molar-refractivity contribution in [1.82, 2.24) is 0 Å². The van der Waals surface area contributed by atoms with Crippen molar-refractivity contribution in [1.29, 1.82) is 0 Å². The van der Waals surface area contributed by atoms with E-state index in [9.17, 15) is 14.9 Å². The average molecular weight is 356 g/mol. The summed E-state index contributed by atoms with van der Waals surface area (Å²) in [6, 6.07) is 12.9. The number of hydrogen-bond donors (Lipinski definition) is 1. The molecule has 0 saturated heterocycles. The van der Waals surface area contributed by atoms with Gasteiger partial charge in [-0.05, 0) is 24.6 Å². The fourth-order valence-electron chi connectivity index (χ4n) is 2.58. The molecule has 0 saturated carbocycles. The molecule has 1 amide bonds. The highest BCUT2D eigenvalue weighted by Gasteiger charge is 2.19. The number of amides is 1. The maximum absolute atomic E-state index is 12.4. The van der Waals surface area contributed by atoms with E-state index in [0.29, 0.717) is 18.0 Å². The molecule has 6 nitrogen and oxygen atoms in total. The van der Waals surface area contributed by atoms with Gasteiger partial charge in [0.25, 0.3) is 11.6 Å². The molecule has 2 aromatic rings. The molecule has 6 heteroatoms. The Balaban J connectivity index is 1.94. The van der Waals surface area contributed by atoms with Gasteiger partial charge in [0.15, 0.2) is 0 Å². The number of ether oxygens (including phenoxy) is 1. The molecule has 0 heterocycles. The van der Waals surface area contributed by atoms with Crippen LogP contribution in [0.5, 0.6) is 5.75 Å². The minimum atomic E-state index is -0.563. The molecule has 0 bridgehead atoms. The van der Waals surface area contributed by atoms with Crippen molar-refractivity contribution in [3.8, 4) is 5.75 Å². The Morgan fingerprint density at radius 2 is 1.85 bits per heavy atom. The second-order valence-corrected chi connectivity index (χ2v) is 6.02. The highest BCUT2D eigenvalue weighted by atomic mass is 16.6. The molecule has 0 fully saturated rings. The molecule has 2 aromatic carbocycles. The van der Waals surface area contributed by atoms with Crippen LogP contribution in [0.25, 0.3) is 0 Å². The second-order valence-electron chi connectivity index (χ2n) is 6.02. The third-order valence-corrected chi connectivity index (χ3v) is 3.95. The van der Waals surface area contributed by atoms with E-state index in [4.69, 9.17) is 4.74 Å². The SMILES string of the molecule is CCCCCCCOc1cccc(NC(=O)c2ccccc2[N+](=O)[O-])c1. The Bertz CT molecular complexity index is 746. The first-order valence-corrected chi connectivity index (χ1v) is 8.89. The standard InChI is InChI=1S/C20H24N2O4/c1-2-3-4-5-8-14-26-17-11-9-10-16(15-17)21-20(23)18-12-6-7-13-19(18)22(24)25/h6-7,9-13,15H,2-5,8,14H2,1H3,(H,21,23). The van der Waals surface area contributed by atoms with E-state index in [-0.39, 0.29) is 11.3 Å². The minimum Gasteiger partial charge on any atom is -0.494 e. The largest absolute Gasteiger partial charge is 0.494 e. The summed E-state index contributed by atoms with van der Waals surface area (Å²) in [6.07, 6.45) is 5.80. The van der Waals surface area contributed by atoms with Gasteiger partial charge in [-0.2, -0.15) is 0 Å². The summed E-state index contributed by atoms with van der Waals surface area (Å²) in [5.74, 6) is 0.148. The number of benzene rings is 2. The number of para-hydroxylation sites is 1. The van der Waals surface area contributed by atoms with Crippen LogP contribution >= 0.6 is 0 Å². The lowest BCUT2D eigenvalue weighted by Gasteiger charge is -2.09. The first kappa shape index (κ1) is 19.4. The van der Waals surface area contributed by atoms with Gasteiger partial charge in [0.1, 0.15) is 11.3 Å². The maximum atomic E-state index is 12.4. The topological polar surface area (TPSA) is 81.5 Å². The zero-order valence-corrected chi connectivity index (χ0v) is 14.9. The van der Waals surface area contributed by atoms with Crippen molar-refractivity contribution < 1.29 is 14.5 Å². The van der Waals surface area contributed by atoms with E-state index in [1.165, 1.54) is 37.5 Å². The van der Waals surface area contributed by atoms with Crippen molar-refractivity contribution in [2.75, 3.05) is 11.9 Å². The number of nitro benzene ring substituents is 1. The lowest BCUT2D eigenvalue weighted by Crippen LogP contribution is -2.13. The fraction of sp³-hybridized carbons (Fsp3) is 0.350. The van der Waals surface area contributed by atoms with Gasteiger partial charge in [0.2, 0.25) is 0 Å². The number of anilines is 1. The Kier molecular flexibility index (Phi) is 7.61. The third-order valence-electron chi connectivity index (χ3n) is 3.95. The van der Waals surface area contributed by atoms with Crippen LogP contribution in [-0.4, -0.2) is 17.4 Å². The minimum absolute atomic E-state index is 0.0275. The Labute approximate surface area is 153 Å². The van der Waals surface area contributed by atoms with Crippen molar-refractivity contribution in [3.63, 3.8) is 0 Å². The van der Waals surface area contributed by atoms with E-state index in [1.54, 1.807) is 24.3 Å². The van der Waals surface area contributed by atoms with Gasteiger partial charge in [0.05, 0.1) is 11.5 Å². The molecule has 0 aliphatic rings. The number of nitrogens with zero attached hydrogens (tertiary/aromatic N) is 1. The Morgan fingerprint density at radius 3 is 2.62 bits per heavy atom. The summed E-state index contributed by atoms with van der Waals surface area (Å²) in [5.41, 5.74) is 0.348. The Morgan fingerprint density at radius 1 is 1.08 bits per heavy atom. The van der Waals surface area contributed by atoms with Gasteiger partial charge in [-0.3, -0.25) is 14.9 Å². The molecule has 0 unspecified atom stereocenters. The normalized spacial score (nSPS) is 10.3. The number of carbonyl (C=O) groups is 1. The van der Waals surface area contributed by atoms with Crippen molar-refractivity contribution in [2.24, 2.45) is 0 Å². The van der Waals surface area contributed by atoms with E-state index in [0.717, 1.165) is 12.8 Å². The van der Waals surface area contributed by atoms with Crippen LogP contribution in [0.3, 0.4) is 0 Å². The zero-order chi connectivity index (χ0) is 18.8. The molecule has 138 valence electrons. The van der Waals surface area contributed by atoms with Crippen LogP contribution in [0.2, 0.25) is 0 Å². The molecule has 0 aliphatic carbocycles. The summed E-state index contributed by atoms with van der Waals surface area (Å²) in [7, 11) is 0. The van der Waals surface area contributed by atoms with E-state index < -0.39 is 10.8 Å². The molecule has 0 radical (unpaired) electrons. The summed E-state index contributed by atoms with van der Waals surface area (Å²) < 4.78 is 5.72. The number of hydrogen-bond acceptors (Lipinski definition) is 4. The van der Waals surface area contributed by atoms with Gasteiger partial charge in [-0.25, -0.2) is 0 Å². The molecular weight excluding hydrogens is 332 g/mol. The molecular formula is C20H24N2O4. The summed E-state index contributed by atoms with van der Waals surface area (Å²) in [4.78, 5) is 22.8. The lowest BCUT2D eigenvalue weighted by molar-refractivity contribution is -0.385. The predicted molar refractivity (Wildman–Crippen MR) is 102 cm³/mol. The highest BCUT2D eigenvalue weighted by Crippen LogP contribution is 2.22. The summed E-state index contributed by atoms with van der Waals surface area (Å²) in [5, 5.41) is 13.7. The number of carbonyl (C=O) groups excluding carboxylic acids is 1. The van der Waals surface area contributed by atoms with Gasteiger partial charge >= 0.3 is 0 Å². The third kappa shape index (κ3) is 5.88. The molecule has 26 heavy (non-hydrogen) atoms. The fourth-order valence-corrected chi connectivity index (χ4v) is 2.58. The second kappa shape index (κ2) is 10.2. The molecule has 0 spiro atoms. The molecule has 2 rings (SSSR count). The zero-order valence-electron chi connectivity index (χ0n) is 14.9. The van der Waals surface area contributed by atoms with Crippen LogP contribution in [0.15, 0.2) is 48.5 Å². The number of unbranched alkanes of at least 4 members (excludes halogenated alkanes) is 4. The van der Waals surface area contributed by atoms with E-state index in [1.807, 2.05) is 6.07 Å². The van der Waals surface area contributed by atoms with Crippen LogP contribution in [-0.2, 0) is 0 Å². The number of nitro groups is 1. The molecule has 0 aliphatic heterocycles. The van der Waals surface area contributed by atoms with Crippen LogP contribution < -0.4 is 10.1 Å². The van der Waals surface area contributed by atoms with E-state index >= 15 is 0 Å². The lowest BCUT2D eigenvalue weighted by atomic mass is 10.1. The van der Waals surface area contributed by atoms with Gasteiger partial charge in [-0.15, -0.1) is 0 Å². The van der Waals surface area contributed by atoms with Crippen LogP contribution in [0.1, 0.15) is 49.4 Å². The smallest absolute Gasteiger partial charge is 0.282 e. The Hall–Kier alpha value is -2.89. The maximum Gasteiger partial charge on any atom is 0.282 e. The van der Waals surface area contributed by atoms with Crippen LogP contribution in [0, 0.1) is 10.1 Å². The number of nitrogens with one attached hydrogen (secondary N) is 1. The van der Waals surface area contributed by atoms with E-state index in [2.05, 4.69) is 12.2 Å². The number of rotatable bonds is 10.